The summed E-state index contributed by atoms with van der Waals surface area (Å²) < 4.78 is 16.8. The molecule has 3 atom stereocenters. The molecule has 3 rings (SSSR count). The van der Waals surface area contributed by atoms with E-state index in [1.165, 1.54) is 11.8 Å². The number of nitrogen functional groups attached to an aromatic ring is 1. The Labute approximate surface area is 214 Å². The van der Waals surface area contributed by atoms with Crippen molar-refractivity contribution in [3.63, 3.8) is 0 Å². The van der Waals surface area contributed by atoms with Gasteiger partial charge < -0.3 is 30.6 Å². The molecule has 0 aliphatic carbocycles. The number of aliphatic carboxylic acids is 1. The number of β-lactam (4-membered cyclic amide) rings is 1. The maximum Gasteiger partial charge on any atom is 0.352 e. The molecule has 36 heavy (non-hydrogen) atoms. The smallest absolute Gasteiger partial charge is 0.352 e. The zero-order valence-electron chi connectivity index (χ0n) is 19.8. The third kappa shape index (κ3) is 6.18. The van der Waals surface area contributed by atoms with Crippen LogP contribution in [-0.2, 0) is 19.2 Å². The van der Waals surface area contributed by atoms with E-state index in [9.17, 15) is 29.0 Å². The lowest BCUT2D eigenvalue weighted by Crippen LogP contribution is -2.71. The Balaban J connectivity index is 1.75. The summed E-state index contributed by atoms with van der Waals surface area (Å²) in [6.07, 6.45) is 2.99. The molecule has 1 unspecified atom stereocenters. The Bertz CT molecular complexity index is 1120. The number of carbonyl (C=O) groups excluding carboxylic acids is 2. The summed E-state index contributed by atoms with van der Waals surface area (Å²) in [5.74, 6) is -2.69. The van der Waals surface area contributed by atoms with Crippen LogP contribution in [0.4, 0.5) is 9.52 Å². The van der Waals surface area contributed by atoms with Crippen LogP contribution in [0.2, 0.25) is 0 Å². The van der Waals surface area contributed by atoms with E-state index in [2.05, 4.69) is 24.7 Å². The number of nitrogens with one attached hydrogen (secondary N) is 1. The molecule has 1 aromatic heterocycles. The first-order valence-corrected chi connectivity index (χ1v) is 12.5. The van der Waals surface area contributed by atoms with Crippen molar-refractivity contribution >= 4 is 51.9 Å². The molecule has 2 amide bonds. The predicted octanol–water partition coefficient (Wildman–Crippen LogP) is -0.480. The van der Waals surface area contributed by atoms with E-state index in [4.69, 9.17) is 5.73 Å². The second-order valence-electron chi connectivity index (χ2n) is 8.73. The lowest BCUT2D eigenvalue weighted by Gasteiger charge is -2.49. The van der Waals surface area contributed by atoms with Gasteiger partial charge in [0.05, 0.1) is 20.6 Å². The van der Waals surface area contributed by atoms with Crippen molar-refractivity contribution in [2.45, 2.75) is 24.4 Å². The number of aliphatic hydroxyl groups is 1. The number of carboxylic acid groups (broad SMARTS) is 1. The average molecular weight is 545 g/mol. The minimum atomic E-state index is -1.30. The van der Waals surface area contributed by atoms with Crippen molar-refractivity contribution in [3.8, 4) is 0 Å². The van der Waals surface area contributed by atoms with Crippen LogP contribution in [0, 0.1) is 0 Å². The van der Waals surface area contributed by atoms with Crippen molar-refractivity contribution < 1.29 is 38.3 Å². The molecule has 2 aliphatic rings. The number of anilines is 1. The molecule has 0 radical (unpaired) electrons. The van der Waals surface area contributed by atoms with E-state index in [-0.39, 0.29) is 16.7 Å². The summed E-state index contributed by atoms with van der Waals surface area (Å²) in [4.78, 5) is 47.0. The quantitative estimate of drug-likeness (QED) is 0.123. The fourth-order valence-corrected chi connectivity index (χ4v) is 5.61. The lowest BCUT2D eigenvalue weighted by molar-refractivity contribution is -0.887. The number of carboxylic acids is 1. The highest BCUT2D eigenvalue weighted by atomic mass is 32.2. The number of carbonyl (C=O) groups is 3. The minimum absolute atomic E-state index is 0.0457. The zero-order valence-corrected chi connectivity index (χ0v) is 21.4. The molecule has 13 nitrogen and oxygen atoms in total. The number of hydrogen-bond acceptors (Lipinski definition) is 11. The summed E-state index contributed by atoms with van der Waals surface area (Å²) in [5.41, 5.74) is 5.36. The monoisotopic (exact) mass is 544 g/mol. The Morgan fingerprint density at radius 2 is 2.19 bits per heavy atom. The van der Waals surface area contributed by atoms with Gasteiger partial charge in [0.15, 0.2) is 5.13 Å². The van der Waals surface area contributed by atoms with Gasteiger partial charge in [-0.3, -0.25) is 14.5 Å². The van der Waals surface area contributed by atoms with Crippen LogP contribution in [0.15, 0.2) is 28.6 Å². The number of fused-ring (bicyclic) bond motifs is 1. The summed E-state index contributed by atoms with van der Waals surface area (Å²) in [7, 11) is 3.88. The van der Waals surface area contributed by atoms with Gasteiger partial charge >= 0.3 is 5.97 Å². The summed E-state index contributed by atoms with van der Waals surface area (Å²) in [6, 6.07) is -1.05. The highest BCUT2D eigenvalue weighted by Gasteiger charge is 2.54. The lowest BCUT2D eigenvalue weighted by atomic mass is 10.0. The highest BCUT2D eigenvalue weighted by molar-refractivity contribution is 8.00. The van der Waals surface area contributed by atoms with Gasteiger partial charge in [0.25, 0.3) is 18.7 Å². The van der Waals surface area contributed by atoms with Gasteiger partial charge in [-0.2, -0.15) is 9.36 Å². The molecule has 1 aromatic rings. The normalized spacial score (nSPS) is 21.3. The molecule has 196 valence electrons. The first kappa shape index (κ1) is 27.5. The number of nitrogens with zero attached hydrogens (tertiary/aromatic N) is 5. The standard InChI is InChI=1S/C20H26FN7O6S2/c1-10(29)7-28(2,3)6-4-5-11-8-35-18-13(17(31)27(18)14(11)19(32)33)23-16(30)12(25-34-9-21)15-24-20(22)36-26-15/h4-5,10,13,18,29H,6-9H2,1-3H3,(H3-,22,23,24,26,30,32,33)/p+1/b5-4+,25-12-/t10?,13-,18-/m1/s1. The number of oxime groups is 1. The molecule has 0 spiro atoms. The fourth-order valence-electron chi connectivity index (χ4n) is 3.85. The van der Waals surface area contributed by atoms with Gasteiger partial charge in [0.2, 0.25) is 11.5 Å². The molecule has 1 fully saturated rings. The zero-order chi connectivity index (χ0) is 26.6. The molecule has 0 aromatic carbocycles. The van der Waals surface area contributed by atoms with Crippen LogP contribution < -0.4 is 11.1 Å². The van der Waals surface area contributed by atoms with E-state index >= 15 is 0 Å². The van der Waals surface area contributed by atoms with E-state index in [0.717, 1.165) is 16.4 Å². The van der Waals surface area contributed by atoms with Crippen LogP contribution in [0.1, 0.15) is 12.7 Å². The molecule has 16 heteroatoms. The summed E-state index contributed by atoms with van der Waals surface area (Å²) in [5, 5.41) is 24.7. The first-order chi connectivity index (χ1) is 16.9. The minimum Gasteiger partial charge on any atom is -0.477 e. The molecule has 1 saturated heterocycles. The largest absolute Gasteiger partial charge is 0.477 e. The molecule has 3 heterocycles. The molecule has 0 saturated carbocycles. The van der Waals surface area contributed by atoms with E-state index in [1.54, 1.807) is 13.0 Å². The Morgan fingerprint density at radius 1 is 1.47 bits per heavy atom. The van der Waals surface area contributed by atoms with Gasteiger partial charge in [-0.05, 0) is 18.6 Å². The van der Waals surface area contributed by atoms with Crippen LogP contribution in [-0.4, -0.2) is 110 Å². The number of rotatable bonds is 11. The number of aliphatic hydroxyl groups excluding tert-OH is 1. The fraction of sp³-hybridized carbons (Fsp3) is 0.500. The van der Waals surface area contributed by atoms with E-state index in [0.29, 0.717) is 28.9 Å². The third-order valence-electron chi connectivity index (χ3n) is 5.24. The predicted molar refractivity (Wildman–Crippen MR) is 130 cm³/mol. The van der Waals surface area contributed by atoms with Crippen LogP contribution >= 0.6 is 23.3 Å². The average Bonchev–Trinajstić information content (AvgIpc) is 3.21. The number of quaternary nitrogens is 1. The van der Waals surface area contributed by atoms with Crippen molar-refractivity contribution in [1.29, 1.82) is 0 Å². The maximum absolute atomic E-state index is 12.9. The first-order valence-electron chi connectivity index (χ1n) is 10.7. The number of halogens is 1. The second kappa shape index (κ2) is 11.3. The molecule has 0 bridgehead atoms. The maximum atomic E-state index is 12.9. The number of hydrogen-bond donors (Lipinski definition) is 4. The number of alkyl halides is 1. The molecule has 5 N–H and O–H groups in total. The molecular formula is C20H27FN7O6S2+. The SMILES string of the molecule is CC(O)C[N+](C)(C)C/C=C/C1=C(C(=O)O)N2C(=O)[C@@H](NC(=O)/C(=N\OCF)c3nsc(N)n3)[C@H]2SC1. The number of thioether (sulfide) groups is 1. The van der Waals surface area contributed by atoms with Gasteiger partial charge in [-0.25, -0.2) is 9.18 Å². The Morgan fingerprint density at radius 3 is 2.78 bits per heavy atom. The second-order valence-corrected chi connectivity index (χ2v) is 10.6. The van der Waals surface area contributed by atoms with Crippen LogP contribution in [0.25, 0.3) is 0 Å². The van der Waals surface area contributed by atoms with E-state index < -0.39 is 47.9 Å². The number of nitrogens with two attached hydrogens (primary N) is 1. The van der Waals surface area contributed by atoms with Crippen LogP contribution in [0.3, 0.4) is 0 Å². The summed E-state index contributed by atoms with van der Waals surface area (Å²) >= 11 is 2.08. The molecular weight excluding hydrogens is 517 g/mol. The van der Waals surface area contributed by atoms with Crippen molar-refractivity contribution in [3.05, 3.63) is 29.2 Å². The summed E-state index contributed by atoms with van der Waals surface area (Å²) in [6.45, 7) is 1.45. The van der Waals surface area contributed by atoms with Gasteiger partial charge in [-0.15, -0.1) is 11.8 Å². The topological polar surface area (TPSA) is 180 Å². The third-order valence-corrected chi connectivity index (χ3v) is 7.08. The molecule has 2 aliphatic heterocycles. The van der Waals surface area contributed by atoms with Crippen molar-refractivity contribution in [1.82, 2.24) is 19.6 Å². The van der Waals surface area contributed by atoms with E-state index in [1.807, 2.05) is 20.2 Å². The Kier molecular flexibility index (Phi) is 8.65. The number of likely N-dealkylation sites (N-methyl/N-ethyl adjacent to an activating group) is 1. The Hall–Kier alpha value is -3.08. The van der Waals surface area contributed by atoms with Gasteiger partial charge in [0.1, 0.15) is 29.8 Å². The van der Waals surface area contributed by atoms with Crippen molar-refractivity contribution in [2.75, 3.05) is 45.5 Å². The number of allylic oxidation sites excluding steroid dienone is 1. The van der Waals surface area contributed by atoms with Gasteiger partial charge in [0, 0.05) is 17.3 Å². The number of aromatic nitrogens is 2. The number of amides is 2. The van der Waals surface area contributed by atoms with Crippen LogP contribution in [0.5, 0.6) is 0 Å². The highest BCUT2D eigenvalue weighted by Crippen LogP contribution is 2.40. The van der Waals surface area contributed by atoms with Gasteiger partial charge in [-0.1, -0.05) is 11.2 Å². The van der Waals surface area contributed by atoms with Crippen molar-refractivity contribution in [2.24, 2.45) is 5.16 Å².